The Morgan fingerprint density at radius 1 is 0.741 bits per heavy atom. The second kappa shape index (κ2) is 5.99. The minimum Gasteiger partial charge on any atom is -0.497 e. The van der Waals surface area contributed by atoms with Crippen LogP contribution >= 0.6 is 0 Å². The van der Waals surface area contributed by atoms with Crippen molar-refractivity contribution in [1.82, 2.24) is 0 Å². The van der Waals surface area contributed by atoms with Crippen LogP contribution in [0.1, 0.15) is 0 Å². The summed E-state index contributed by atoms with van der Waals surface area (Å²) < 4.78 is 11.4. The van der Waals surface area contributed by atoms with Gasteiger partial charge in [0.2, 0.25) is 5.43 Å². The van der Waals surface area contributed by atoms with Crippen LogP contribution in [0.25, 0.3) is 43.8 Å². The zero-order chi connectivity index (χ0) is 18.4. The van der Waals surface area contributed by atoms with Crippen molar-refractivity contribution in [3.8, 4) is 16.9 Å². The molecule has 5 rings (SSSR count). The summed E-state index contributed by atoms with van der Waals surface area (Å²) in [6, 6.07) is 25.4. The van der Waals surface area contributed by atoms with Crippen molar-refractivity contribution in [3.63, 3.8) is 0 Å². The fourth-order valence-corrected chi connectivity index (χ4v) is 3.68. The molecule has 0 saturated carbocycles. The number of rotatable bonds is 2. The molecule has 0 aliphatic rings. The van der Waals surface area contributed by atoms with E-state index in [4.69, 9.17) is 9.15 Å². The number of methoxy groups -OCH3 is 1. The van der Waals surface area contributed by atoms with Gasteiger partial charge in [-0.05, 0) is 40.1 Å². The maximum Gasteiger partial charge on any atom is 0.201 e. The van der Waals surface area contributed by atoms with E-state index < -0.39 is 0 Å². The zero-order valence-electron chi connectivity index (χ0n) is 14.7. The Morgan fingerprint density at radius 3 is 2.26 bits per heavy atom. The number of hydrogen-bond acceptors (Lipinski definition) is 3. The predicted octanol–water partition coefficient (Wildman–Crippen LogP) is 5.78. The summed E-state index contributed by atoms with van der Waals surface area (Å²) in [7, 11) is 1.60. The highest BCUT2D eigenvalue weighted by Gasteiger charge is 2.15. The Morgan fingerprint density at radius 2 is 1.48 bits per heavy atom. The largest absolute Gasteiger partial charge is 0.497 e. The zero-order valence-corrected chi connectivity index (χ0v) is 14.7. The van der Waals surface area contributed by atoms with E-state index in [-0.39, 0.29) is 5.43 Å². The van der Waals surface area contributed by atoms with Gasteiger partial charge in [-0.25, -0.2) is 0 Å². The SMILES string of the molecule is COc1ccc2c(=O)c3c(cc(-c4ccccc4)c4ccccc43)oc2c1. The van der Waals surface area contributed by atoms with Crippen LogP contribution in [0.4, 0.5) is 0 Å². The summed E-state index contributed by atoms with van der Waals surface area (Å²) in [5.41, 5.74) is 3.22. The fourth-order valence-electron chi connectivity index (χ4n) is 3.68. The minimum absolute atomic E-state index is 0.0234. The topological polar surface area (TPSA) is 39.4 Å². The fraction of sp³-hybridized carbons (Fsp3) is 0.0417. The standard InChI is InChI=1S/C24H16O3/c1-26-16-11-12-19-21(13-16)27-22-14-20(15-7-3-2-4-8-15)17-9-5-6-10-18(17)23(22)24(19)25/h2-14H,1H3. The lowest BCUT2D eigenvalue weighted by molar-refractivity contribution is 0.414. The van der Waals surface area contributed by atoms with Crippen LogP contribution in [-0.2, 0) is 0 Å². The number of ether oxygens (including phenoxy) is 1. The van der Waals surface area contributed by atoms with E-state index in [0.29, 0.717) is 27.7 Å². The molecule has 0 radical (unpaired) electrons. The highest BCUT2D eigenvalue weighted by atomic mass is 16.5. The molecule has 1 heterocycles. The first-order valence-electron chi connectivity index (χ1n) is 8.78. The molecule has 130 valence electrons. The molecule has 3 nitrogen and oxygen atoms in total. The van der Waals surface area contributed by atoms with Gasteiger partial charge in [0, 0.05) is 6.07 Å². The third-order valence-electron chi connectivity index (χ3n) is 4.97. The van der Waals surface area contributed by atoms with Crippen LogP contribution in [0.15, 0.2) is 88.1 Å². The highest BCUT2D eigenvalue weighted by molar-refractivity contribution is 6.13. The molecular formula is C24H16O3. The normalized spacial score (nSPS) is 11.3. The van der Waals surface area contributed by atoms with Gasteiger partial charge in [0.15, 0.2) is 0 Å². The van der Waals surface area contributed by atoms with E-state index in [0.717, 1.165) is 21.9 Å². The summed E-state index contributed by atoms with van der Waals surface area (Å²) in [5.74, 6) is 0.661. The van der Waals surface area contributed by atoms with Crippen LogP contribution in [0.3, 0.4) is 0 Å². The second-order valence-electron chi connectivity index (χ2n) is 6.50. The van der Waals surface area contributed by atoms with E-state index in [2.05, 4.69) is 18.2 Å². The lowest BCUT2D eigenvalue weighted by Gasteiger charge is -2.11. The molecule has 3 heteroatoms. The first kappa shape index (κ1) is 15.6. The summed E-state index contributed by atoms with van der Waals surface area (Å²) in [4.78, 5) is 13.2. The Labute approximate surface area is 155 Å². The molecule has 0 aliphatic carbocycles. The monoisotopic (exact) mass is 352 g/mol. The Balaban J connectivity index is 1.98. The van der Waals surface area contributed by atoms with Crippen molar-refractivity contribution in [2.75, 3.05) is 7.11 Å². The molecular weight excluding hydrogens is 336 g/mol. The molecule has 0 amide bonds. The average molecular weight is 352 g/mol. The molecule has 0 saturated heterocycles. The van der Waals surface area contributed by atoms with Gasteiger partial charge in [-0.15, -0.1) is 0 Å². The van der Waals surface area contributed by atoms with Gasteiger partial charge >= 0.3 is 0 Å². The maximum absolute atomic E-state index is 13.2. The van der Waals surface area contributed by atoms with Gasteiger partial charge in [-0.3, -0.25) is 4.79 Å². The van der Waals surface area contributed by atoms with Crippen LogP contribution in [0, 0.1) is 0 Å². The minimum atomic E-state index is -0.0234. The number of hydrogen-bond donors (Lipinski definition) is 0. The van der Waals surface area contributed by atoms with Crippen LogP contribution in [-0.4, -0.2) is 7.11 Å². The summed E-state index contributed by atoms with van der Waals surface area (Å²) >= 11 is 0. The first-order chi connectivity index (χ1) is 13.3. The third kappa shape index (κ3) is 2.40. The van der Waals surface area contributed by atoms with E-state index in [9.17, 15) is 4.79 Å². The molecule has 1 aromatic heterocycles. The van der Waals surface area contributed by atoms with E-state index in [1.165, 1.54) is 0 Å². The smallest absolute Gasteiger partial charge is 0.201 e. The molecule has 4 aromatic carbocycles. The highest BCUT2D eigenvalue weighted by Crippen LogP contribution is 2.35. The number of fused-ring (bicyclic) bond motifs is 4. The summed E-state index contributed by atoms with van der Waals surface area (Å²) in [6.07, 6.45) is 0. The van der Waals surface area contributed by atoms with E-state index in [1.807, 2.05) is 42.5 Å². The lowest BCUT2D eigenvalue weighted by atomic mass is 9.95. The van der Waals surface area contributed by atoms with Crippen molar-refractivity contribution >= 4 is 32.7 Å². The molecule has 0 aliphatic heterocycles. The summed E-state index contributed by atoms with van der Waals surface area (Å²) in [5, 5.41) is 3.11. The van der Waals surface area contributed by atoms with Crippen molar-refractivity contribution in [1.29, 1.82) is 0 Å². The molecule has 0 fully saturated rings. The molecule has 0 atom stereocenters. The molecule has 5 aromatic rings. The number of benzene rings is 4. The van der Waals surface area contributed by atoms with Crippen molar-refractivity contribution in [3.05, 3.63) is 89.1 Å². The predicted molar refractivity (Wildman–Crippen MR) is 109 cm³/mol. The van der Waals surface area contributed by atoms with Crippen molar-refractivity contribution in [2.24, 2.45) is 0 Å². The molecule has 0 unspecified atom stereocenters. The van der Waals surface area contributed by atoms with Crippen molar-refractivity contribution in [2.45, 2.75) is 0 Å². The summed E-state index contributed by atoms with van der Waals surface area (Å²) in [6.45, 7) is 0. The molecule has 27 heavy (non-hydrogen) atoms. The van der Waals surface area contributed by atoms with Gasteiger partial charge in [0.05, 0.1) is 17.9 Å². The van der Waals surface area contributed by atoms with Crippen molar-refractivity contribution < 1.29 is 9.15 Å². The average Bonchev–Trinajstić information content (AvgIpc) is 2.73. The quantitative estimate of drug-likeness (QED) is 0.299. The maximum atomic E-state index is 13.2. The van der Waals surface area contributed by atoms with Gasteiger partial charge < -0.3 is 9.15 Å². The van der Waals surface area contributed by atoms with Gasteiger partial charge in [-0.2, -0.15) is 0 Å². The van der Waals surface area contributed by atoms with Crippen LogP contribution in [0.5, 0.6) is 5.75 Å². The Bertz CT molecular complexity index is 1370. The van der Waals surface area contributed by atoms with Crippen LogP contribution in [0.2, 0.25) is 0 Å². The Kier molecular flexibility index (Phi) is 3.47. The van der Waals surface area contributed by atoms with E-state index in [1.54, 1.807) is 25.3 Å². The molecule has 0 N–H and O–H groups in total. The lowest BCUT2D eigenvalue weighted by Crippen LogP contribution is -2.03. The van der Waals surface area contributed by atoms with Crippen LogP contribution < -0.4 is 10.2 Å². The van der Waals surface area contributed by atoms with Gasteiger partial charge in [0.25, 0.3) is 0 Å². The van der Waals surface area contributed by atoms with Gasteiger partial charge in [-0.1, -0.05) is 54.6 Å². The third-order valence-corrected chi connectivity index (χ3v) is 4.97. The molecule has 0 spiro atoms. The Hall–Kier alpha value is -3.59. The van der Waals surface area contributed by atoms with Gasteiger partial charge in [0.1, 0.15) is 16.9 Å². The second-order valence-corrected chi connectivity index (χ2v) is 6.50. The first-order valence-corrected chi connectivity index (χ1v) is 8.78. The van der Waals surface area contributed by atoms with E-state index >= 15 is 0 Å². The molecule has 0 bridgehead atoms.